The first-order valence-corrected chi connectivity index (χ1v) is 10.9. The first-order chi connectivity index (χ1) is 16.9. The maximum absolute atomic E-state index is 12.5. The summed E-state index contributed by atoms with van der Waals surface area (Å²) in [6, 6.07) is 16.0. The molecular weight excluding hydrogens is 446 g/mol. The Labute approximate surface area is 203 Å². The molecule has 2 N–H and O–H groups in total. The number of methoxy groups -OCH3 is 3. The van der Waals surface area contributed by atoms with Gasteiger partial charge in [0.1, 0.15) is 17.2 Å². The molecule has 180 valence electrons. The minimum Gasteiger partial charge on any atom is -0.497 e. The molecular formula is C27H27N3O5. The van der Waals surface area contributed by atoms with Crippen molar-refractivity contribution in [1.82, 2.24) is 4.98 Å². The summed E-state index contributed by atoms with van der Waals surface area (Å²) >= 11 is 0. The maximum atomic E-state index is 12.5. The average molecular weight is 474 g/mol. The van der Waals surface area contributed by atoms with Crippen LogP contribution in [0.1, 0.15) is 11.1 Å². The van der Waals surface area contributed by atoms with E-state index in [0.717, 1.165) is 27.8 Å². The van der Waals surface area contributed by atoms with Crippen molar-refractivity contribution < 1.29 is 23.7 Å². The first-order valence-electron chi connectivity index (χ1n) is 10.9. The number of carbonyl (C=O) groups excluding carboxylic acids is 1. The number of nitrogens with one attached hydrogen (secondary N) is 2. The van der Waals surface area contributed by atoms with E-state index < -0.39 is 0 Å². The molecule has 0 aliphatic heterocycles. The van der Waals surface area contributed by atoms with E-state index in [2.05, 4.69) is 15.6 Å². The van der Waals surface area contributed by atoms with Crippen LogP contribution in [0.4, 0.5) is 16.2 Å². The fraction of sp³-hybridized carbons (Fsp3) is 0.185. The Morgan fingerprint density at radius 2 is 1.46 bits per heavy atom. The van der Waals surface area contributed by atoms with Crippen molar-refractivity contribution in [2.45, 2.75) is 13.8 Å². The van der Waals surface area contributed by atoms with Crippen LogP contribution in [0.25, 0.3) is 10.9 Å². The lowest BCUT2D eigenvalue weighted by Gasteiger charge is -2.16. The van der Waals surface area contributed by atoms with Gasteiger partial charge in [-0.05, 0) is 73.5 Å². The molecule has 8 nitrogen and oxygen atoms in total. The van der Waals surface area contributed by atoms with E-state index in [1.165, 1.54) is 0 Å². The van der Waals surface area contributed by atoms with Crippen LogP contribution >= 0.6 is 0 Å². The second kappa shape index (κ2) is 10.2. The fourth-order valence-electron chi connectivity index (χ4n) is 3.65. The van der Waals surface area contributed by atoms with Crippen LogP contribution in [-0.2, 0) is 0 Å². The number of nitrogens with zero attached hydrogens (tertiary/aromatic N) is 1. The molecule has 0 aliphatic carbocycles. The van der Waals surface area contributed by atoms with Gasteiger partial charge in [0.15, 0.2) is 11.5 Å². The molecule has 4 rings (SSSR count). The van der Waals surface area contributed by atoms with Gasteiger partial charge in [0, 0.05) is 29.0 Å². The van der Waals surface area contributed by atoms with Gasteiger partial charge in [0.05, 0.1) is 26.8 Å². The van der Waals surface area contributed by atoms with Gasteiger partial charge < -0.3 is 29.6 Å². The SMILES string of the molecule is COc1ccc(NC(=O)Nc2cc(C)c(Oc3ccnc4cc(OC)c(OC)cc34)cc2C)cc1. The summed E-state index contributed by atoms with van der Waals surface area (Å²) in [4.78, 5) is 16.9. The Morgan fingerprint density at radius 1 is 0.743 bits per heavy atom. The topological polar surface area (TPSA) is 90.9 Å². The van der Waals surface area contributed by atoms with Crippen molar-refractivity contribution in [2.75, 3.05) is 32.0 Å². The van der Waals surface area contributed by atoms with E-state index in [0.29, 0.717) is 34.4 Å². The van der Waals surface area contributed by atoms with Gasteiger partial charge in [-0.2, -0.15) is 0 Å². The van der Waals surface area contributed by atoms with Crippen molar-refractivity contribution in [3.63, 3.8) is 0 Å². The van der Waals surface area contributed by atoms with Crippen LogP contribution in [0, 0.1) is 13.8 Å². The number of urea groups is 1. The fourth-order valence-corrected chi connectivity index (χ4v) is 3.65. The highest BCUT2D eigenvalue weighted by atomic mass is 16.5. The molecule has 0 radical (unpaired) electrons. The molecule has 3 aromatic carbocycles. The van der Waals surface area contributed by atoms with Crippen molar-refractivity contribution in [3.05, 3.63) is 71.9 Å². The van der Waals surface area contributed by atoms with Gasteiger partial charge in [0.2, 0.25) is 0 Å². The average Bonchev–Trinajstić information content (AvgIpc) is 2.86. The second-order valence-corrected chi connectivity index (χ2v) is 7.88. The van der Waals surface area contributed by atoms with E-state index in [1.807, 2.05) is 38.1 Å². The summed E-state index contributed by atoms with van der Waals surface area (Å²) < 4.78 is 22.2. The summed E-state index contributed by atoms with van der Waals surface area (Å²) in [5.41, 5.74) is 3.79. The highest BCUT2D eigenvalue weighted by Crippen LogP contribution is 2.38. The summed E-state index contributed by atoms with van der Waals surface area (Å²) in [6.07, 6.45) is 1.69. The van der Waals surface area contributed by atoms with E-state index in [4.69, 9.17) is 18.9 Å². The second-order valence-electron chi connectivity index (χ2n) is 7.88. The Hall–Kier alpha value is -4.46. The largest absolute Gasteiger partial charge is 0.497 e. The number of anilines is 2. The van der Waals surface area contributed by atoms with Gasteiger partial charge in [-0.15, -0.1) is 0 Å². The molecule has 35 heavy (non-hydrogen) atoms. The van der Waals surface area contributed by atoms with Crippen LogP contribution in [-0.4, -0.2) is 32.3 Å². The Bertz CT molecular complexity index is 1370. The van der Waals surface area contributed by atoms with Crippen LogP contribution in [0.3, 0.4) is 0 Å². The summed E-state index contributed by atoms with van der Waals surface area (Å²) in [5, 5.41) is 6.51. The number of fused-ring (bicyclic) bond motifs is 1. The number of carbonyl (C=O) groups is 1. The smallest absolute Gasteiger partial charge is 0.323 e. The van der Waals surface area contributed by atoms with Crippen LogP contribution in [0.5, 0.6) is 28.7 Å². The number of pyridine rings is 1. The Balaban J connectivity index is 1.55. The molecule has 0 saturated carbocycles. The lowest BCUT2D eigenvalue weighted by molar-refractivity contribution is 0.262. The van der Waals surface area contributed by atoms with E-state index in [9.17, 15) is 4.79 Å². The zero-order valence-corrected chi connectivity index (χ0v) is 20.3. The molecule has 0 spiro atoms. The summed E-state index contributed by atoms with van der Waals surface area (Å²) in [5.74, 6) is 3.22. The Morgan fingerprint density at radius 3 is 2.14 bits per heavy atom. The van der Waals surface area contributed by atoms with Crippen molar-refractivity contribution in [2.24, 2.45) is 0 Å². The van der Waals surface area contributed by atoms with Gasteiger partial charge in [-0.1, -0.05) is 0 Å². The van der Waals surface area contributed by atoms with E-state index in [-0.39, 0.29) is 6.03 Å². The minimum absolute atomic E-state index is 0.340. The van der Waals surface area contributed by atoms with Gasteiger partial charge in [-0.25, -0.2) is 4.79 Å². The van der Waals surface area contributed by atoms with Crippen molar-refractivity contribution in [3.8, 4) is 28.7 Å². The van der Waals surface area contributed by atoms with Gasteiger partial charge in [-0.3, -0.25) is 4.98 Å². The molecule has 1 heterocycles. The lowest BCUT2D eigenvalue weighted by atomic mass is 10.1. The predicted molar refractivity (Wildman–Crippen MR) is 136 cm³/mol. The molecule has 0 aliphatic rings. The van der Waals surface area contributed by atoms with Crippen LogP contribution in [0.2, 0.25) is 0 Å². The number of benzene rings is 3. The zero-order valence-electron chi connectivity index (χ0n) is 20.3. The third-order valence-electron chi connectivity index (χ3n) is 5.54. The van der Waals surface area contributed by atoms with E-state index in [1.54, 1.807) is 57.9 Å². The normalized spacial score (nSPS) is 10.5. The quantitative estimate of drug-likeness (QED) is 0.327. The molecule has 0 unspecified atom stereocenters. The predicted octanol–water partition coefficient (Wildman–Crippen LogP) is 6.31. The number of ether oxygens (including phenoxy) is 4. The summed E-state index contributed by atoms with van der Waals surface area (Å²) in [6.45, 7) is 3.84. The highest BCUT2D eigenvalue weighted by Gasteiger charge is 2.14. The lowest BCUT2D eigenvalue weighted by Crippen LogP contribution is -2.20. The van der Waals surface area contributed by atoms with Gasteiger partial charge >= 0.3 is 6.03 Å². The van der Waals surface area contributed by atoms with Crippen LogP contribution < -0.4 is 29.6 Å². The number of rotatable bonds is 7. The molecule has 2 amide bonds. The molecule has 0 saturated heterocycles. The van der Waals surface area contributed by atoms with Crippen molar-refractivity contribution in [1.29, 1.82) is 0 Å². The monoisotopic (exact) mass is 473 g/mol. The molecule has 1 aromatic heterocycles. The molecule has 0 fully saturated rings. The number of amides is 2. The number of hydrogen-bond donors (Lipinski definition) is 2. The van der Waals surface area contributed by atoms with E-state index >= 15 is 0 Å². The molecule has 8 heteroatoms. The maximum Gasteiger partial charge on any atom is 0.323 e. The van der Waals surface area contributed by atoms with Crippen LogP contribution in [0.15, 0.2) is 60.8 Å². The zero-order chi connectivity index (χ0) is 24.9. The molecule has 0 atom stereocenters. The van der Waals surface area contributed by atoms with Gasteiger partial charge in [0.25, 0.3) is 0 Å². The number of aryl methyl sites for hydroxylation is 2. The molecule has 4 aromatic rings. The Kier molecular flexibility index (Phi) is 6.91. The minimum atomic E-state index is -0.340. The highest BCUT2D eigenvalue weighted by molar-refractivity contribution is 6.00. The molecule has 0 bridgehead atoms. The summed E-state index contributed by atoms with van der Waals surface area (Å²) in [7, 11) is 4.77. The third-order valence-corrected chi connectivity index (χ3v) is 5.54. The standard InChI is InChI=1S/C27H27N3O5/c1-16-13-24(35-23-10-11-28-22-15-26(34-5)25(33-4)14-20(22)23)17(2)12-21(16)30-27(31)29-18-6-8-19(32-3)9-7-18/h6-15H,1-5H3,(H2,29,30,31). The number of hydrogen-bond acceptors (Lipinski definition) is 6. The van der Waals surface area contributed by atoms with Crippen molar-refractivity contribution >= 4 is 28.3 Å². The number of aromatic nitrogens is 1. The first kappa shape index (κ1) is 23.7. The third kappa shape index (κ3) is 5.22.